The second-order valence-corrected chi connectivity index (χ2v) is 7.03. The second-order valence-electron chi connectivity index (χ2n) is 7.03. The van der Waals surface area contributed by atoms with Gasteiger partial charge in [-0.2, -0.15) is 5.10 Å². The first-order valence-corrected chi connectivity index (χ1v) is 9.68. The highest BCUT2D eigenvalue weighted by Crippen LogP contribution is 2.30. The molecule has 0 fully saturated rings. The lowest BCUT2D eigenvalue weighted by molar-refractivity contribution is 0.0994. The molecule has 148 valence electrons. The van der Waals surface area contributed by atoms with E-state index in [2.05, 4.69) is 22.4 Å². The molecule has 7 nitrogen and oxygen atoms in total. The summed E-state index contributed by atoms with van der Waals surface area (Å²) in [5.41, 5.74) is 15.1. The van der Waals surface area contributed by atoms with Gasteiger partial charge in [-0.05, 0) is 50.3 Å². The Hall–Kier alpha value is -3.09. The fourth-order valence-corrected chi connectivity index (χ4v) is 3.43. The molecule has 1 aliphatic rings. The summed E-state index contributed by atoms with van der Waals surface area (Å²) in [7, 11) is 0. The van der Waals surface area contributed by atoms with Crippen molar-refractivity contribution in [3.05, 3.63) is 52.5 Å². The summed E-state index contributed by atoms with van der Waals surface area (Å²) in [6, 6.07) is 7.94. The Morgan fingerprint density at radius 3 is 2.64 bits per heavy atom. The maximum atomic E-state index is 12.8. The van der Waals surface area contributed by atoms with Crippen LogP contribution in [0.1, 0.15) is 65.6 Å². The summed E-state index contributed by atoms with van der Waals surface area (Å²) >= 11 is 0. The Labute approximate surface area is 164 Å². The molecular formula is C21H27N5O2. The van der Waals surface area contributed by atoms with Crippen molar-refractivity contribution >= 4 is 23.3 Å². The highest BCUT2D eigenvalue weighted by Gasteiger charge is 2.28. The van der Waals surface area contributed by atoms with Gasteiger partial charge in [-0.1, -0.05) is 25.5 Å². The van der Waals surface area contributed by atoms with Crippen molar-refractivity contribution in [1.82, 2.24) is 0 Å². The summed E-state index contributed by atoms with van der Waals surface area (Å²) in [6.45, 7) is 4.04. The number of carbonyl (C=O) groups is 1. The van der Waals surface area contributed by atoms with Gasteiger partial charge in [0.2, 0.25) is 5.96 Å². The molecule has 3 rings (SSSR count). The van der Waals surface area contributed by atoms with Crippen molar-refractivity contribution in [2.24, 2.45) is 21.7 Å². The third kappa shape index (κ3) is 4.42. The van der Waals surface area contributed by atoms with Crippen LogP contribution in [-0.4, -0.2) is 17.6 Å². The van der Waals surface area contributed by atoms with E-state index in [0.717, 1.165) is 66.8 Å². The highest BCUT2D eigenvalue weighted by atomic mass is 16.4. The zero-order valence-corrected chi connectivity index (χ0v) is 16.4. The van der Waals surface area contributed by atoms with Gasteiger partial charge in [0.1, 0.15) is 5.76 Å². The SMILES string of the molecule is CCCCc1ccc(NC(=O)c2oc3c(c2C)/C(=N/N=C(N)N)CCC3)cc1. The standard InChI is InChI=1S/C21H27N5O2/c1-3-4-6-14-9-11-15(12-10-14)24-20(27)19-13(2)18-16(25-26-21(22)23)7-5-8-17(18)28-19/h9-12H,3-8H2,1-2H3,(H,24,27)(H4,22,23,26)/b25-16+. The van der Waals surface area contributed by atoms with Crippen LogP contribution in [0.25, 0.3) is 0 Å². The molecule has 0 bridgehead atoms. The molecule has 2 aromatic rings. The number of anilines is 1. The predicted molar refractivity (Wildman–Crippen MR) is 112 cm³/mol. The van der Waals surface area contributed by atoms with Crippen LogP contribution in [0.2, 0.25) is 0 Å². The van der Waals surface area contributed by atoms with Gasteiger partial charge < -0.3 is 21.2 Å². The minimum absolute atomic E-state index is 0.0962. The lowest BCUT2D eigenvalue weighted by atomic mass is 9.93. The quantitative estimate of drug-likeness (QED) is 0.403. The van der Waals surface area contributed by atoms with Crippen LogP contribution in [0.4, 0.5) is 5.69 Å². The first-order valence-electron chi connectivity index (χ1n) is 9.68. The molecular weight excluding hydrogens is 354 g/mol. The average molecular weight is 381 g/mol. The molecule has 0 atom stereocenters. The van der Waals surface area contributed by atoms with Crippen LogP contribution in [0.5, 0.6) is 0 Å². The molecule has 5 N–H and O–H groups in total. The lowest BCUT2D eigenvalue weighted by Crippen LogP contribution is -2.22. The van der Waals surface area contributed by atoms with E-state index in [0.29, 0.717) is 5.76 Å². The van der Waals surface area contributed by atoms with Crippen LogP contribution in [-0.2, 0) is 12.8 Å². The van der Waals surface area contributed by atoms with Crippen molar-refractivity contribution in [3.8, 4) is 0 Å². The number of unbranched alkanes of at least 4 members (excludes halogenated alkanes) is 1. The summed E-state index contributed by atoms with van der Waals surface area (Å²) in [5.74, 6) is 0.697. The van der Waals surface area contributed by atoms with E-state index in [-0.39, 0.29) is 11.9 Å². The maximum Gasteiger partial charge on any atom is 0.291 e. The number of hydrogen-bond acceptors (Lipinski definition) is 4. The number of fused-ring (bicyclic) bond motifs is 1. The number of amides is 1. The third-order valence-electron chi connectivity index (χ3n) is 4.85. The van der Waals surface area contributed by atoms with Gasteiger partial charge in [-0.15, -0.1) is 5.10 Å². The number of rotatable bonds is 6. The Kier molecular flexibility index (Phi) is 6.13. The first kappa shape index (κ1) is 19.7. The number of furan rings is 1. The average Bonchev–Trinajstić information content (AvgIpc) is 3.03. The van der Waals surface area contributed by atoms with Gasteiger partial charge in [0.25, 0.3) is 5.91 Å². The number of aryl methyl sites for hydroxylation is 2. The first-order chi connectivity index (χ1) is 13.5. The van der Waals surface area contributed by atoms with Crippen molar-refractivity contribution in [1.29, 1.82) is 0 Å². The van der Waals surface area contributed by atoms with Crippen LogP contribution >= 0.6 is 0 Å². The van der Waals surface area contributed by atoms with Gasteiger partial charge in [-0.3, -0.25) is 4.79 Å². The molecule has 1 heterocycles. The lowest BCUT2D eigenvalue weighted by Gasteiger charge is -2.11. The number of benzene rings is 1. The number of hydrogen-bond donors (Lipinski definition) is 3. The molecule has 0 saturated heterocycles. The van der Waals surface area contributed by atoms with E-state index in [1.807, 2.05) is 31.2 Å². The summed E-state index contributed by atoms with van der Waals surface area (Å²) in [4.78, 5) is 12.8. The largest absolute Gasteiger partial charge is 0.455 e. The summed E-state index contributed by atoms with van der Waals surface area (Å²) in [5, 5.41) is 10.8. The van der Waals surface area contributed by atoms with Gasteiger partial charge in [0.15, 0.2) is 5.76 Å². The van der Waals surface area contributed by atoms with Gasteiger partial charge in [0.05, 0.1) is 5.71 Å². The Morgan fingerprint density at radius 1 is 1.21 bits per heavy atom. The minimum Gasteiger partial charge on any atom is -0.455 e. The van der Waals surface area contributed by atoms with E-state index in [9.17, 15) is 4.79 Å². The zero-order chi connectivity index (χ0) is 20.1. The fraction of sp³-hybridized carbons (Fsp3) is 0.381. The highest BCUT2D eigenvalue weighted by molar-refractivity contribution is 6.09. The molecule has 1 aromatic carbocycles. The Morgan fingerprint density at radius 2 is 1.96 bits per heavy atom. The molecule has 1 amide bonds. The molecule has 0 spiro atoms. The molecule has 7 heteroatoms. The normalized spacial score (nSPS) is 14.6. The number of guanidine groups is 1. The van der Waals surface area contributed by atoms with E-state index in [4.69, 9.17) is 15.9 Å². The van der Waals surface area contributed by atoms with E-state index in [1.54, 1.807) is 0 Å². The predicted octanol–water partition coefficient (Wildman–Crippen LogP) is 3.50. The Bertz CT molecular complexity index is 906. The number of nitrogens with two attached hydrogens (primary N) is 2. The molecule has 28 heavy (non-hydrogen) atoms. The number of nitrogens with zero attached hydrogens (tertiary/aromatic N) is 2. The third-order valence-corrected chi connectivity index (χ3v) is 4.85. The van der Waals surface area contributed by atoms with Crippen molar-refractivity contribution in [2.45, 2.75) is 52.4 Å². The molecule has 0 saturated carbocycles. The maximum absolute atomic E-state index is 12.8. The monoisotopic (exact) mass is 381 g/mol. The van der Waals surface area contributed by atoms with Crippen molar-refractivity contribution in [2.75, 3.05) is 5.32 Å². The van der Waals surface area contributed by atoms with E-state index < -0.39 is 0 Å². The van der Waals surface area contributed by atoms with Gasteiger partial charge in [0, 0.05) is 23.2 Å². The van der Waals surface area contributed by atoms with Crippen molar-refractivity contribution in [3.63, 3.8) is 0 Å². The van der Waals surface area contributed by atoms with E-state index in [1.165, 1.54) is 5.56 Å². The molecule has 1 aliphatic carbocycles. The summed E-state index contributed by atoms with van der Waals surface area (Å²) < 4.78 is 5.88. The van der Waals surface area contributed by atoms with Crippen LogP contribution in [0.3, 0.4) is 0 Å². The second kappa shape index (κ2) is 8.73. The van der Waals surface area contributed by atoms with Gasteiger partial charge >= 0.3 is 0 Å². The molecule has 0 unspecified atom stereocenters. The van der Waals surface area contributed by atoms with Crippen molar-refractivity contribution < 1.29 is 9.21 Å². The topological polar surface area (TPSA) is 119 Å². The van der Waals surface area contributed by atoms with Crippen LogP contribution < -0.4 is 16.8 Å². The number of nitrogens with one attached hydrogen (secondary N) is 1. The van der Waals surface area contributed by atoms with E-state index >= 15 is 0 Å². The zero-order valence-electron chi connectivity index (χ0n) is 16.4. The Balaban J connectivity index is 1.80. The molecule has 0 aliphatic heterocycles. The minimum atomic E-state index is -0.269. The van der Waals surface area contributed by atoms with Crippen LogP contribution in [0, 0.1) is 6.92 Å². The smallest absolute Gasteiger partial charge is 0.291 e. The fourth-order valence-electron chi connectivity index (χ4n) is 3.43. The molecule has 1 aromatic heterocycles. The van der Waals surface area contributed by atoms with Gasteiger partial charge in [-0.25, -0.2) is 0 Å². The number of carbonyl (C=O) groups excluding carboxylic acids is 1. The molecule has 0 radical (unpaired) electrons. The van der Waals surface area contributed by atoms with Crippen LogP contribution in [0.15, 0.2) is 38.9 Å². The summed E-state index contributed by atoms with van der Waals surface area (Å²) in [6.07, 6.45) is 5.74.